The molecule has 4 heteroatoms. The smallest absolute Gasteiger partial charge is 0.255 e. The number of nitrogens with zero attached hydrogens (tertiary/aromatic N) is 1. The molecule has 1 aliphatic rings. The third-order valence-electron chi connectivity index (χ3n) is 3.61. The summed E-state index contributed by atoms with van der Waals surface area (Å²) in [4.78, 5) is 15.3. The molecule has 1 fully saturated rings. The Bertz CT molecular complexity index is 453. The van der Waals surface area contributed by atoms with Crippen LogP contribution in [0.3, 0.4) is 0 Å². The molecule has 0 radical (unpaired) electrons. The van der Waals surface area contributed by atoms with Crippen molar-refractivity contribution in [1.82, 2.24) is 4.90 Å². The second kappa shape index (κ2) is 5.54. The molecule has 2 atom stereocenters. The predicted molar refractivity (Wildman–Crippen MR) is 77.6 cm³/mol. The number of amides is 1. The maximum atomic E-state index is 12.6. The van der Waals surface area contributed by atoms with Crippen LogP contribution in [0.1, 0.15) is 43.5 Å². The van der Waals surface area contributed by atoms with E-state index in [9.17, 15) is 4.79 Å². The fraction of sp³-hybridized carbons (Fsp3) is 0.500. The van der Waals surface area contributed by atoms with Crippen LogP contribution in [0.25, 0.3) is 0 Å². The summed E-state index contributed by atoms with van der Waals surface area (Å²) < 4.78 is 0. The van der Waals surface area contributed by atoms with E-state index in [0.29, 0.717) is 10.6 Å². The fourth-order valence-electron chi connectivity index (χ4n) is 2.64. The van der Waals surface area contributed by atoms with Crippen LogP contribution in [0, 0.1) is 0 Å². The Morgan fingerprint density at radius 2 is 1.94 bits per heavy atom. The average molecular weight is 284 g/mol. The predicted octanol–water partition coefficient (Wildman–Crippen LogP) is 4.03. The standard InChI is InChI=1S/C14H18ClNOS/c1-9-4-3-5-10(2)16(9)14(17)12-8-11(18)6-7-13(12)15/h6-10,18H,3-5H2,1-2H3. The van der Waals surface area contributed by atoms with Crippen LogP contribution < -0.4 is 0 Å². The molecule has 98 valence electrons. The van der Waals surface area contributed by atoms with E-state index in [-0.39, 0.29) is 18.0 Å². The van der Waals surface area contributed by atoms with Crippen molar-refractivity contribution in [2.75, 3.05) is 0 Å². The van der Waals surface area contributed by atoms with Gasteiger partial charge in [0.05, 0.1) is 10.6 Å². The number of hydrogen-bond acceptors (Lipinski definition) is 2. The van der Waals surface area contributed by atoms with E-state index >= 15 is 0 Å². The topological polar surface area (TPSA) is 20.3 Å². The quantitative estimate of drug-likeness (QED) is 0.772. The van der Waals surface area contributed by atoms with Crippen molar-refractivity contribution in [1.29, 1.82) is 0 Å². The Balaban J connectivity index is 2.32. The molecular formula is C14H18ClNOS. The summed E-state index contributed by atoms with van der Waals surface area (Å²) in [6, 6.07) is 5.84. The van der Waals surface area contributed by atoms with Gasteiger partial charge in [0.15, 0.2) is 0 Å². The summed E-state index contributed by atoms with van der Waals surface area (Å²) in [5.41, 5.74) is 0.560. The van der Waals surface area contributed by atoms with Gasteiger partial charge in [-0.05, 0) is 51.3 Å². The van der Waals surface area contributed by atoms with Crippen molar-refractivity contribution in [2.24, 2.45) is 0 Å². The van der Waals surface area contributed by atoms with Gasteiger partial charge < -0.3 is 4.90 Å². The first-order chi connectivity index (χ1) is 8.50. The molecule has 1 aromatic rings. The van der Waals surface area contributed by atoms with Gasteiger partial charge >= 0.3 is 0 Å². The van der Waals surface area contributed by atoms with E-state index in [1.807, 2.05) is 4.90 Å². The van der Waals surface area contributed by atoms with Gasteiger partial charge in [0, 0.05) is 17.0 Å². The highest BCUT2D eigenvalue weighted by Crippen LogP contribution is 2.28. The molecular weight excluding hydrogens is 266 g/mol. The van der Waals surface area contributed by atoms with Crippen LogP contribution >= 0.6 is 24.2 Å². The van der Waals surface area contributed by atoms with Crippen molar-refractivity contribution in [3.8, 4) is 0 Å². The SMILES string of the molecule is CC1CCCC(C)N1C(=O)c1cc(S)ccc1Cl. The molecule has 1 saturated heterocycles. The zero-order valence-corrected chi connectivity index (χ0v) is 12.3. The lowest BCUT2D eigenvalue weighted by atomic mass is 9.96. The third-order valence-corrected chi connectivity index (χ3v) is 4.22. The Kier molecular flexibility index (Phi) is 4.23. The first-order valence-electron chi connectivity index (χ1n) is 6.32. The molecule has 0 N–H and O–H groups in total. The third kappa shape index (κ3) is 2.67. The summed E-state index contributed by atoms with van der Waals surface area (Å²) >= 11 is 10.4. The highest BCUT2D eigenvalue weighted by molar-refractivity contribution is 7.80. The minimum absolute atomic E-state index is 0.0237. The Morgan fingerprint density at radius 3 is 2.56 bits per heavy atom. The van der Waals surface area contributed by atoms with Crippen molar-refractivity contribution < 1.29 is 4.79 Å². The molecule has 0 spiro atoms. The van der Waals surface area contributed by atoms with E-state index in [1.54, 1.807) is 18.2 Å². The van der Waals surface area contributed by atoms with Crippen molar-refractivity contribution in [3.63, 3.8) is 0 Å². The fourth-order valence-corrected chi connectivity index (χ4v) is 3.04. The minimum atomic E-state index is 0.0237. The van der Waals surface area contributed by atoms with Crippen LogP contribution in [0.4, 0.5) is 0 Å². The number of hydrogen-bond donors (Lipinski definition) is 1. The van der Waals surface area contributed by atoms with Crippen molar-refractivity contribution in [3.05, 3.63) is 28.8 Å². The van der Waals surface area contributed by atoms with E-state index in [1.165, 1.54) is 6.42 Å². The summed E-state index contributed by atoms with van der Waals surface area (Å²) in [5.74, 6) is 0.0237. The lowest BCUT2D eigenvalue weighted by Crippen LogP contribution is -2.47. The number of benzene rings is 1. The highest BCUT2D eigenvalue weighted by Gasteiger charge is 2.30. The maximum Gasteiger partial charge on any atom is 0.255 e. The lowest BCUT2D eigenvalue weighted by molar-refractivity contribution is 0.0510. The average Bonchev–Trinajstić information content (AvgIpc) is 2.32. The molecule has 2 unspecified atom stereocenters. The summed E-state index contributed by atoms with van der Waals surface area (Å²) in [6.45, 7) is 4.21. The largest absolute Gasteiger partial charge is 0.333 e. The van der Waals surface area contributed by atoms with E-state index in [4.69, 9.17) is 11.6 Å². The second-order valence-electron chi connectivity index (χ2n) is 5.01. The summed E-state index contributed by atoms with van der Waals surface area (Å²) in [7, 11) is 0. The molecule has 0 aromatic heterocycles. The van der Waals surface area contributed by atoms with Crippen LogP contribution in [-0.2, 0) is 0 Å². The first kappa shape index (κ1) is 13.8. The maximum absolute atomic E-state index is 12.6. The van der Waals surface area contributed by atoms with Crippen molar-refractivity contribution >= 4 is 30.1 Å². The molecule has 1 aromatic carbocycles. The van der Waals surface area contributed by atoms with Gasteiger partial charge in [0.25, 0.3) is 5.91 Å². The molecule has 0 bridgehead atoms. The van der Waals surface area contributed by atoms with Gasteiger partial charge in [-0.25, -0.2) is 0 Å². The number of carbonyl (C=O) groups excluding carboxylic acids is 1. The monoisotopic (exact) mass is 283 g/mol. The van der Waals surface area contributed by atoms with Crippen molar-refractivity contribution in [2.45, 2.75) is 50.1 Å². The number of piperidine rings is 1. The van der Waals surface area contributed by atoms with Gasteiger partial charge in [-0.15, -0.1) is 12.6 Å². The lowest BCUT2D eigenvalue weighted by Gasteiger charge is -2.39. The van der Waals surface area contributed by atoms with Crippen LogP contribution in [0.5, 0.6) is 0 Å². The zero-order valence-electron chi connectivity index (χ0n) is 10.7. The van der Waals surface area contributed by atoms with E-state index < -0.39 is 0 Å². The Hall–Kier alpha value is -0.670. The summed E-state index contributed by atoms with van der Waals surface area (Å²) in [5, 5.41) is 0.503. The molecule has 2 nitrogen and oxygen atoms in total. The summed E-state index contributed by atoms with van der Waals surface area (Å²) in [6.07, 6.45) is 3.31. The minimum Gasteiger partial charge on any atom is -0.333 e. The molecule has 18 heavy (non-hydrogen) atoms. The molecule has 0 aliphatic carbocycles. The first-order valence-corrected chi connectivity index (χ1v) is 7.14. The van der Waals surface area contributed by atoms with Gasteiger partial charge in [-0.3, -0.25) is 4.79 Å². The van der Waals surface area contributed by atoms with Gasteiger partial charge in [-0.1, -0.05) is 11.6 Å². The number of likely N-dealkylation sites (tertiary alicyclic amines) is 1. The van der Waals surface area contributed by atoms with Crippen LogP contribution in [-0.4, -0.2) is 22.9 Å². The normalized spacial score (nSPS) is 24.1. The molecule has 0 saturated carbocycles. The Morgan fingerprint density at radius 1 is 1.33 bits per heavy atom. The number of rotatable bonds is 1. The van der Waals surface area contributed by atoms with Gasteiger partial charge in [0.1, 0.15) is 0 Å². The molecule has 1 aliphatic heterocycles. The van der Waals surface area contributed by atoms with E-state index in [0.717, 1.165) is 17.7 Å². The zero-order chi connectivity index (χ0) is 13.3. The number of thiol groups is 1. The van der Waals surface area contributed by atoms with Gasteiger partial charge in [0.2, 0.25) is 0 Å². The van der Waals surface area contributed by atoms with Gasteiger partial charge in [-0.2, -0.15) is 0 Å². The molecule has 1 heterocycles. The molecule has 1 amide bonds. The van der Waals surface area contributed by atoms with Crippen LogP contribution in [0.2, 0.25) is 5.02 Å². The highest BCUT2D eigenvalue weighted by atomic mass is 35.5. The van der Waals surface area contributed by atoms with E-state index in [2.05, 4.69) is 26.5 Å². The Labute approximate surface area is 119 Å². The van der Waals surface area contributed by atoms with Crippen LogP contribution in [0.15, 0.2) is 23.1 Å². The number of carbonyl (C=O) groups is 1. The number of halogens is 1. The second-order valence-corrected chi connectivity index (χ2v) is 5.93. The molecule has 2 rings (SSSR count).